The van der Waals surface area contributed by atoms with Crippen molar-refractivity contribution < 1.29 is 13.5 Å². The Morgan fingerprint density at radius 1 is 1.29 bits per heavy atom. The number of halogens is 1. The summed E-state index contributed by atoms with van der Waals surface area (Å²) in [6.07, 6.45) is 0. The quantitative estimate of drug-likeness (QED) is 0.847. The summed E-state index contributed by atoms with van der Waals surface area (Å²) in [6, 6.07) is 6.92. The maximum absolute atomic E-state index is 12.3. The second kappa shape index (κ2) is 5.50. The lowest BCUT2D eigenvalue weighted by atomic mass is 9.98. The third-order valence-electron chi connectivity index (χ3n) is 2.46. The highest BCUT2D eigenvalue weighted by Crippen LogP contribution is 2.25. The lowest BCUT2D eigenvalue weighted by Gasteiger charge is -2.21. The molecule has 1 aromatic carbocycles. The van der Waals surface area contributed by atoms with Crippen molar-refractivity contribution in [3.8, 4) is 0 Å². The Morgan fingerprint density at radius 2 is 1.88 bits per heavy atom. The molecule has 5 heteroatoms. The lowest BCUT2D eigenvalue weighted by molar-refractivity contribution is 0.179. The van der Waals surface area contributed by atoms with Gasteiger partial charge in [-0.15, -0.1) is 0 Å². The molecule has 0 heterocycles. The van der Waals surface area contributed by atoms with Gasteiger partial charge in [0.1, 0.15) is 0 Å². The first-order valence-electron chi connectivity index (χ1n) is 5.30. The molecular weight excluding hydrogens is 304 g/mol. The van der Waals surface area contributed by atoms with Crippen LogP contribution in [-0.2, 0) is 15.2 Å². The summed E-state index contributed by atoms with van der Waals surface area (Å²) in [4.78, 5) is 0.346. The van der Waals surface area contributed by atoms with Crippen molar-refractivity contribution in [1.82, 2.24) is 0 Å². The van der Waals surface area contributed by atoms with Crippen LogP contribution in [0.4, 0.5) is 0 Å². The van der Waals surface area contributed by atoms with Crippen LogP contribution in [0.15, 0.2) is 29.2 Å². The molecular formula is C12H17BrO3S. The Hall–Kier alpha value is -0.390. The van der Waals surface area contributed by atoms with Gasteiger partial charge in [0, 0.05) is 17.4 Å². The highest BCUT2D eigenvalue weighted by Gasteiger charge is 2.28. The first kappa shape index (κ1) is 14.7. The number of alkyl halides is 1. The molecule has 1 rings (SSSR count). The summed E-state index contributed by atoms with van der Waals surface area (Å²) >= 11 is 3.28. The molecule has 0 aliphatic heterocycles. The number of aliphatic hydroxyl groups excluding tert-OH is 1. The van der Waals surface area contributed by atoms with E-state index in [9.17, 15) is 8.42 Å². The van der Waals surface area contributed by atoms with Gasteiger partial charge >= 0.3 is 0 Å². The summed E-state index contributed by atoms with van der Waals surface area (Å²) < 4.78 is 24.5. The van der Waals surface area contributed by atoms with Gasteiger partial charge in [0.05, 0.1) is 10.6 Å². The van der Waals surface area contributed by atoms with Crippen molar-refractivity contribution in [1.29, 1.82) is 0 Å². The summed E-state index contributed by atoms with van der Waals surface area (Å²) in [5.74, 6) is -0.0550. The van der Waals surface area contributed by atoms with E-state index in [2.05, 4.69) is 15.9 Å². The largest absolute Gasteiger partial charge is 0.396 e. The van der Waals surface area contributed by atoms with Gasteiger partial charge in [-0.3, -0.25) is 0 Å². The normalized spacial score (nSPS) is 12.7. The molecule has 0 aliphatic rings. The fourth-order valence-electron chi connectivity index (χ4n) is 1.56. The number of benzene rings is 1. The zero-order chi connectivity index (χ0) is 13.1. The zero-order valence-electron chi connectivity index (χ0n) is 9.98. The Morgan fingerprint density at radius 3 is 2.41 bits per heavy atom. The molecule has 0 spiro atoms. The first-order valence-corrected chi connectivity index (χ1v) is 8.07. The maximum atomic E-state index is 12.3. The van der Waals surface area contributed by atoms with Gasteiger partial charge in [0.25, 0.3) is 0 Å². The van der Waals surface area contributed by atoms with Crippen molar-refractivity contribution in [2.24, 2.45) is 5.41 Å². The standard InChI is InChI=1S/C12H17BrO3S/c1-12(2,8-14)9-17(15,16)11-6-4-3-5-10(11)7-13/h3-6,14H,7-9H2,1-2H3. The van der Waals surface area contributed by atoms with Crippen LogP contribution in [-0.4, -0.2) is 25.9 Å². The van der Waals surface area contributed by atoms with Crippen LogP contribution in [0.1, 0.15) is 19.4 Å². The lowest BCUT2D eigenvalue weighted by Crippen LogP contribution is -2.28. The van der Waals surface area contributed by atoms with Crippen LogP contribution in [0, 0.1) is 5.41 Å². The van der Waals surface area contributed by atoms with Gasteiger partial charge in [-0.05, 0) is 11.6 Å². The minimum atomic E-state index is -3.36. The van der Waals surface area contributed by atoms with E-state index in [0.717, 1.165) is 5.56 Å². The Balaban J connectivity index is 3.14. The predicted octanol–water partition coefficient (Wildman–Crippen LogP) is 2.37. The van der Waals surface area contributed by atoms with Gasteiger partial charge in [-0.2, -0.15) is 0 Å². The van der Waals surface area contributed by atoms with E-state index in [0.29, 0.717) is 10.2 Å². The van der Waals surface area contributed by atoms with Crippen LogP contribution in [0.25, 0.3) is 0 Å². The zero-order valence-corrected chi connectivity index (χ0v) is 12.4. The van der Waals surface area contributed by atoms with Crippen molar-refractivity contribution in [3.63, 3.8) is 0 Å². The number of aliphatic hydroxyl groups is 1. The van der Waals surface area contributed by atoms with Crippen molar-refractivity contribution in [2.75, 3.05) is 12.4 Å². The van der Waals surface area contributed by atoms with Crippen LogP contribution in [0.5, 0.6) is 0 Å². The maximum Gasteiger partial charge on any atom is 0.179 e. The van der Waals surface area contributed by atoms with Crippen molar-refractivity contribution >= 4 is 25.8 Å². The van der Waals surface area contributed by atoms with Crippen LogP contribution < -0.4 is 0 Å². The van der Waals surface area contributed by atoms with E-state index in [1.165, 1.54) is 0 Å². The molecule has 0 bridgehead atoms. The smallest absolute Gasteiger partial charge is 0.179 e. The molecule has 0 unspecified atom stereocenters. The third kappa shape index (κ3) is 3.79. The second-order valence-corrected chi connectivity index (χ2v) is 7.34. The number of rotatable bonds is 5. The average Bonchev–Trinajstić information content (AvgIpc) is 2.28. The number of sulfone groups is 1. The molecule has 0 aromatic heterocycles. The van der Waals surface area contributed by atoms with E-state index in [1.807, 2.05) is 6.07 Å². The minimum Gasteiger partial charge on any atom is -0.396 e. The molecule has 1 N–H and O–H groups in total. The molecule has 17 heavy (non-hydrogen) atoms. The van der Waals surface area contributed by atoms with Crippen LogP contribution in [0.2, 0.25) is 0 Å². The molecule has 0 radical (unpaired) electrons. The Kier molecular flexibility index (Phi) is 4.75. The van der Waals surface area contributed by atoms with Gasteiger partial charge in [0.15, 0.2) is 9.84 Å². The highest BCUT2D eigenvalue weighted by atomic mass is 79.9. The highest BCUT2D eigenvalue weighted by molar-refractivity contribution is 9.08. The summed E-state index contributed by atoms with van der Waals surface area (Å²) in [7, 11) is -3.36. The third-order valence-corrected chi connectivity index (χ3v) is 5.29. The fourth-order valence-corrected chi connectivity index (χ4v) is 4.33. The molecule has 0 atom stereocenters. The molecule has 0 saturated heterocycles. The van der Waals surface area contributed by atoms with Gasteiger partial charge in [0.2, 0.25) is 0 Å². The van der Waals surface area contributed by atoms with Crippen LogP contribution >= 0.6 is 15.9 Å². The van der Waals surface area contributed by atoms with Crippen molar-refractivity contribution in [3.05, 3.63) is 29.8 Å². The molecule has 0 amide bonds. The summed E-state index contributed by atoms with van der Waals surface area (Å²) in [5, 5.41) is 9.66. The van der Waals surface area contributed by atoms with E-state index in [-0.39, 0.29) is 12.4 Å². The van der Waals surface area contributed by atoms with Crippen molar-refractivity contribution in [2.45, 2.75) is 24.1 Å². The van der Waals surface area contributed by atoms with Gasteiger partial charge < -0.3 is 5.11 Å². The number of hydrogen-bond acceptors (Lipinski definition) is 3. The predicted molar refractivity (Wildman–Crippen MR) is 72.0 cm³/mol. The van der Waals surface area contributed by atoms with E-state index < -0.39 is 15.3 Å². The number of hydrogen-bond donors (Lipinski definition) is 1. The molecule has 3 nitrogen and oxygen atoms in total. The molecule has 1 aromatic rings. The Bertz CT molecular complexity index is 480. The van der Waals surface area contributed by atoms with E-state index in [4.69, 9.17) is 5.11 Å². The summed E-state index contributed by atoms with van der Waals surface area (Å²) in [5.41, 5.74) is 0.124. The van der Waals surface area contributed by atoms with Gasteiger partial charge in [-0.1, -0.05) is 48.0 Å². The molecule has 96 valence electrons. The first-order chi connectivity index (χ1) is 7.82. The molecule has 0 saturated carbocycles. The van der Waals surface area contributed by atoms with Crippen LogP contribution in [0.3, 0.4) is 0 Å². The summed E-state index contributed by atoms with van der Waals surface area (Å²) in [6.45, 7) is 3.32. The second-order valence-electron chi connectivity index (χ2n) is 4.82. The van der Waals surface area contributed by atoms with E-state index in [1.54, 1.807) is 32.0 Å². The monoisotopic (exact) mass is 320 g/mol. The minimum absolute atomic E-state index is 0.0550. The molecule has 0 fully saturated rings. The average molecular weight is 321 g/mol. The Labute approximate surface area is 111 Å². The van der Waals surface area contributed by atoms with Gasteiger partial charge in [-0.25, -0.2) is 8.42 Å². The topological polar surface area (TPSA) is 54.4 Å². The molecule has 0 aliphatic carbocycles. The SMILES string of the molecule is CC(C)(CO)CS(=O)(=O)c1ccccc1CBr. The van der Waals surface area contributed by atoms with E-state index >= 15 is 0 Å². The fraction of sp³-hybridized carbons (Fsp3) is 0.500.